The van der Waals surface area contributed by atoms with Crippen molar-refractivity contribution in [2.24, 2.45) is 0 Å². The number of anilines is 1. The van der Waals surface area contributed by atoms with E-state index < -0.39 is 0 Å². The molecule has 134 valence electrons. The Kier molecular flexibility index (Phi) is 4.66. The first-order valence-electron chi connectivity index (χ1n) is 8.86. The van der Waals surface area contributed by atoms with Gasteiger partial charge in [0.05, 0.1) is 0 Å². The fraction of sp³-hybridized carbons (Fsp3) is 0.136. The van der Waals surface area contributed by atoms with E-state index >= 15 is 0 Å². The summed E-state index contributed by atoms with van der Waals surface area (Å²) in [7, 11) is 0. The third kappa shape index (κ3) is 3.87. The van der Waals surface area contributed by atoms with Gasteiger partial charge in [0.1, 0.15) is 0 Å². The molecule has 0 spiro atoms. The largest absolute Gasteiger partial charge is 0.339 e. The maximum Gasteiger partial charge on any atom is 0.227 e. The molecule has 0 aliphatic heterocycles. The molecule has 0 saturated heterocycles. The lowest BCUT2D eigenvalue weighted by molar-refractivity contribution is -0.116. The normalized spacial score (nSPS) is 10.9. The molecule has 27 heavy (non-hydrogen) atoms. The van der Waals surface area contributed by atoms with Gasteiger partial charge in [0.15, 0.2) is 0 Å². The number of aryl methyl sites for hydroxylation is 2. The van der Waals surface area contributed by atoms with Crippen LogP contribution in [0.25, 0.3) is 22.2 Å². The lowest BCUT2D eigenvalue weighted by Gasteiger charge is -2.08. The van der Waals surface area contributed by atoms with Gasteiger partial charge in [-0.15, -0.1) is 0 Å². The lowest BCUT2D eigenvalue weighted by Crippen LogP contribution is -2.12. The van der Waals surface area contributed by atoms with Crippen LogP contribution in [0.3, 0.4) is 0 Å². The Morgan fingerprint density at radius 2 is 1.78 bits per heavy atom. The zero-order chi connectivity index (χ0) is 18.6. The van der Waals surface area contributed by atoms with Crippen molar-refractivity contribution >= 4 is 22.4 Å². The SMILES string of the molecule is Cc1ccc(-c2noc(CCC(=O)Nc3cccc4ccccc34)n2)cc1. The van der Waals surface area contributed by atoms with Crippen molar-refractivity contribution in [3.63, 3.8) is 0 Å². The van der Waals surface area contributed by atoms with Gasteiger partial charge in [-0.25, -0.2) is 0 Å². The first-order chi connectivity index (χ1) is 13.2. The molecule has 0 bridgehead atoms. The second-order valence-corrected chi connectivity index (χ2v) is 6.45. The number of carbonyl (C=O) groups excluding carboxylic acids is 1. The summed E-state index contributed by atoms with van der Waals surface area (Å²) in [5, 5.41) is 9.09. The molecule has 1 heterocycles. The maximum atomic E-state index is 12.3. The predicted octanol–water partition coefficient (Wildman–Crippen LogP) is 4.77. The Morgan fingerprint density at radius 3 is 2.63 bits per heavy atom. The highest BCUT2D eigenvalue weighted by Crippen LogP contribution is 2.23. The van der Waals surface area contributed by atoms with E-state index in [1.807, 2.05) is 73.7 Å². The molecule has 3 aromatic carbocycles. The molecule has 5 nitrogen and oxygen atoms in total. The van der Waals surface area contributed by atoms with E-state index in [2.05, 4.69) is 15.5 Å². The van der Waals surface area contributed by atoms with Crippen molar-refractivity contribution in [1.82, 2.24) is 10.1 Å². The number of benzene rings is 3. The van der Waals surface area contributed by atoms with E-state index in [0.717, 1.165) is 22.0 Å². The van der Waals surface area contributed by atoms with Crippen LogP contribution < -0.4 is 5.32 Å². The van der Waals surface area contributed by atoms with E-state index in [1.54, 1.807) is 0 Å². The van der Waals surface area contributed by atoms with Gasteiger partial charge in [-0.1, -0.05) is 71.4 Å². The monoisotopic (exact) mass is 357 g/mol. The molecule has 0 fully saturated rings. The molecule has 1 amide bonds. The summed E-state index contributed by atoms with van der Waals surface area (Å²) in [6.07, 6.45) is 0.675. The van der Waals surface area contributed by atoms with Crippen LogP contribution in [-0.4, -0.2) is 16.0 Å². The summed E-state index contributed by atoms with van der Waals surface area (Å²) in [6.45, 7) is 2.03. The van der Waals surface area contributed by atoms with Crippen LogP contribution in [-0.2, 0) is 11.2 Å². The Balaban J connectivity index is 1.40. The number of hydrogen-bond acceptors (Lipinski definition) is 4. The number of amides is 1. The van der Waals surface area contributed by atoms with E-state index in [1.165, 1.54) is 5.56 Å². The first kappa shape index (κ1) is 17.0. The van der Waals surface area contributed by atoms with Crippen LogP contribution in [0, 0.1) is 6.92 Å². The first-order valence-corrected chi connectivity index (χ1v) is 8.86. The average molecular weight is 357 g/mol. The third-order valence-corrected chi connectivity index (χ3v) is 4.41. The van der Waals surface area contributed by atoms with E-state index in [-0.39, 0.29) is 12.3 Å². The van der Waals surface area contributed by atoms with E-state index in [9.17, 15) is 4.79 Å². The van der Waals surface area contributed by atoms with Crippen molar-refractivity contribution in [1.29, 1.82) is 0 Å². The Bertz CT molecular complexity index is 1080. The molecule has 0 saturated carbocycles. The second-order valence-electron chi connectivity index (χ2n) is 6.45. The smallest absolute Gasteiger partial charge is 0.227 e. The predicted molar refractivity (Wildman–Crippen MR) is 105 cm³/mol. The number of rotatable bonds is 5. The molecular formula is C22H19N3O2. The van der Waals surface area contributed by atoms with Crippen molar-refractivity contribution in [3.05, 3.63) is 78.2 Å². The standard InChI is InChI=1S/C22H19N3O2/c1-15-9-11-17(12-10-15)22-24-21(27-25-22)14-13-20(26)23-19-8-4-6-16-5-2-3-7-18(16)19/h2-12H,13-14H2,1H3,(H,23,26). The molecule has 0 unspecified atom stereocenters. The van der Waals surface area contributed by atoms with Crippen LogP contribution in [0.15, 0.2) is 71.3 Å². The van der Waals surface area contributed by atoms with Gasteiger partial charge in [0.2, 0.25) is 17.6 Å². The van der Waals surface area contributed by atoms with Gasteiger partial charge in [0, 0.05) is 29.5 Å². The number of aromatic nitrogens is 2. The summed E-state index contributed by atoms with van der Waals surface area (Å²) in [4.78, 5) is 16.7. The fourth-order valence-corrected chi connectivity index (χ4v) is 2.94. The zero-order valence-electron chi connectivity index (χ0n) is 15.0. The van der Waals surface area contributed by atoms with Crippen molar-refractivity contribution in [2.75, 3.05) is 5.32 Å². The molecule has 4 rings (SSSR count). The minimum Gasteiger partial charge on any atom is -0.339 e. The molecule has 0 aliphatic carbocycles. The molecule has 1 aromatic heterocycles. The van der Waals surface area contributed by atoms with Gasteiger partial charge < -0.3 is 9.84 Å². The van der Waals surface area contributed by atoms with Gasteiger partial charge >= 0.3 is 0 Å². The highest BCUT2D eigenvalue weighted by Gasteiger charge is 2.11. The summed E-state index contributed by atoms with van der Waals surface area (Å²) in [5.41, 5.74) is 2.88. The molecule has 4 aromatic rings. The topological polar surface area (TPSA) is 68.0 Å². The van der Waals surface area contributed by atoms with Crippen molar-refractivity contribution in [3.8, 4) is 11.4 Å². The van der Waals surface area contributed by atoms with Crippen molar-refractivity contribution in [2.45, 2.75) is 19.8 Å². The van der Waals surface area contributed by atoms with Crippen LogP contribution in [0.1, 0.15) is 17.9 Å². The van der Waals surface area contributed by atoms with Gasteiger partial charge in [0.25, 0.3) is 0 Å². The Hall–Kier alpha value is -3.47. The Morgan fingerprint density at radius 1 is 1.00 bits per heavy atom. The van der Waals surface area contributed by atoms with Gasteiger partial charge in [-0.3, -0.25) is 4.79 Å². The van der Waals surface area contributed by atoms with E-state index in [4.69, 9.17) is 4.52 Å². The van der Waals surface area contributed by atoms with Gasteiger partial charge in [-0.05, 0) is 18.4 Å². The van der Waals surface area contributed by atoms with Crippen LogP contribution in [0.4, 0.5) is 5.69 Å². The highest BCUT2D eigenvalue weighted by molar-refractivity contribution is 6.02. The van der Waals surface area contributed by atoms with Crippen LogP contribution >= 0.6 is 0 Å². The van der Waals surface area contributed by atoms with Crippen LogP contribution in [0.2, 0.25) is 0 Å². The number of nitrogens with one attached hydrogen (secondary N) is 1. The zero-order valence-corrected chi connectivity index (χ0v) is 15.0. The molecular weight excluding hydrogens is 338 g/mol. The minimum atomic E-state index is -0.0820. The average Bonchev–Trinajstić information content (AvgIpc) is 3.16. The summed E-state index contributed by atoms with van der Waals surface area (Å²) < 4.78 is 5.28. The summed E-state index contributed by atoms with van der Waals surface area (Å²) in [6, 6.07) is 21.7. The fourth-order valence-electron chi connectivity index (χ4n) is 2.94. The Labute approximate surface area is 157 Å². The molecule has 0 atom stereocenters. The molecule has 1 N–H and O–H groups in total. The highest BCUT2D eigenvalue weighted by atomic mass is 16.5. The maximum absolute atomic E-state index is 12.3. The lowest BCUT2D eigenvalue weighted by atomic mass is 10.1. The summed E-state index contributed by atoms with van der Waals surface area (Å²) in [5.74, 6) is 0.916. The molecule has 0 radical (unpaired) electrons. The third-order valence-electron chi connectivity index (χ3n) is 4.41. The number of fused-ring (bicyclic) bond motifs is 1. The second kappa shape index (κ2) is 7.41. The number of carbonyl (C=O) groups is 1. The molecule has 5 heteroatoms. The summed E-state index contributed by atoms with van der Waals surface area (Å²) >= 11 is 0. The quantitative estimate of drug-likeness (QED) is 0.559. The number of hydrogen-bond donors (Lipinski definition) is 1. The molecule has 0 aliphatic rings. The minimum absolute atomic E-state index is 0.0820. The van der Waals surface area contributed by atoms with Crippen molar-refractivity contribution < 1.29 is 9.32 Å². The van der Waals surface area contributed by atoms with Gasteiger partial charge in [-0.2, -0.15) is 4.98 Å². The number of nitrogens with zero attached hydrogens (tertiary/aromatic N) is 2. The van der Waals surface area contributed by atoms with Crippen LogP contribution in [0.5, 0.6) is 0 Å². The van der Waals surface area contributed by atoms with E-state index in [0.29, 0.717) is 18.1 Å².